The number of aliphatic hydroxyl groups is 2. The van der Waals surface area contributed by atoms with Crippen molar-refractivity contribution in [3.05, 3.63) is 70.7 Å². The maximum absolute atomic E-state index is 14.8. The lowest BCUT2D eigenvalue weighted by atomic mass is 9.88. The number of aromatic nitrogens is 1. The van der Waals surface area contributed by atoms with Crippen LogP contribution in [0.5, 0.6) is 17.2 Å². The van der Waals surface area contributed by atoms with Crippen molar-refractivity contribution in [1.29, 1.82) is 0 Å². The fourth-order valence-electron chi connectivity index (χ4n) is 4.44. The summed E-state index contributed by atoms with van der Waals surface area (Å²) < 4.78 is 31.2. The summed E-state index contributed by atoms with van der Waals surface area (Å²) in [6.07, 6.45) is -0.865. The Kier molecular flexibility index (Phi) is 7.97. The van der Waals surface area contributed by atoms with Gasteiger partial charge in [0.25, 0.3) is 0 Å². The first-order valence-corrected chi connectivity index (χ1v) is 12.8. The number of halogens is 1. The van der Waals surface area contributed by atoms with Crippen molar-refractivity contribution in [1.82, 2.24) is 4.98 Å². The molecule has 8 nitrogen and oxygen atoms in total. The molecule has 1 aromatic heterocycles. The zero-order valence-electron chi connectivity index (χ0n) is 22.9. The number of methoxy groups -OCH3 is 1. The zero-order valence-corrected chi connectivity index (χ0v) is 22.9. The predicted octanol–water partition coefficient (Wildman–Crippen LogP) is 4.40. The summed E-state index contributed by atoms with van der Waals surface area (Å²) >= 11 is 0. The monoisotopic (exact) mass is 538 g/mol. The molecule has 3 unspecified atom stereocenters. The third kappa shape index (κ3) is 6.06. The van der Waals surface area contributed by atoms with E-state index in [1.54, 1.807) is 13.0 Å². The summed E-state index contributed by atoms with van der Waals surface area (Å²) in [6.45, 7) is 7.09. The second-order valence-corrected chi connectivity index (χ2v) is 10.7. The second-order valence-electron chi connectivity index (χ2n) is 10.7. The Balaban J connectivity index is 1.60. The molecule has 0 spiro atoms. The van der Waals surface area contributed by atoms with Gasteiger partial charge in [0.05, 0.1) is 24.4 Å². The van der Waals surface area contributed by atoms with Crippen LogP contribution in [0, 0.1) is 12.7 Å². The molecule has 0 amide bonds. The standard InChI is InChI=1S/C30H35FN2O6/c1-17-6-8-19(9-7-17)26-27-21(29(3,32)16-39-27)14-25(33-26)30(4,36)11-10-23(35)20-12-22(31)28(24(13-20)37-5)38-15-18(2)34/h6-9,12-14,18,34,36H,10-11,15-16,32H2,1-5H3. The van der Waals surface area contributed by atoms with Crippen LogP contribution in [0.1, 0.15) is 60.8 Å². The molecular weight excluding hydrogens is 503 g/mol. The van der Waals surface area contributed by atoms with Crippen molar-refractivity contribution in [2.45, 2.75) is 57.8 Å². The Hall–Kier alpha value is -3.53. The van der Waals surface area contributed by atoms with E-state index >= 15 is 0 Å². The number of aliphatic hydroxyl groups excluding tert-OH is 1. The third-order valence-corrected chi connectivity index (χ3v) is 6.84. The van der Waals surface area contributed by atoms with Crippen LogP contribution in [0.25, 0.3) is 11.3 Å². The van der Waals surface area contributed by atoms with Gasteiger partial charge in [-0.1, -0.05) is 29.8 Å². The normalized spacial score (nSPS) is 18.6. The molecule has 2 aromatic carbocycles. The molecule has 0 radical (unpaired) electrons. The Labute approximate surface area is 227 Å². The van der Waals surface area contributed by atoms with Gasteiger partial charge in [0.1, 0.15) is 24.5 Å². The summed E-state index contributed by atoms with van der Waals surface area (Å²) in [5.41, 5.74) is 7.89. The van der Waals surface area contributed by atoms with Crippen LogP contribution in [0.15, 0.2) is 42.5 Å². The van der Waals surface area contributed by atoms with Crippen LogP contribution in [0.3, 0.4) is 0 Å². The fraction of sp³-hybridized carbons (Fsp3) is 0.400. The largest absolute Gasteiger partial charge is 0.493 e. The molecule has 4 N–H and O–H groups in total. The van der Waals surface area contributed by atoms with Gasteiger partial charge in [-0.15, -0.1) is 0 Å². The lowest BCUT2D eigenvalue weighted by Crippen LogP contribution is -2.35. The quantitative estimate of drug-likeness (QED) is 0.325. The Morgan fingerprint density at radius 1 is 1.28 bits per heavy atom. The minimum Gasteiger partial charge on any atom is -0.493 e. The van der Waals surface area contributed by atoms with Crippen LogP contribution >= 0.6 is 0 Å². The molecule has 1 aliphatic heterocycles. The zero-order chi connectivity index (χ0) is 28.5. The van der Waals surface area contributed by atoms with Gasteiger partial charge in [0, 0.05) is 23.1 Å². The van der Waals surface area contributed by atoms with E-state index in [0.29, 0.717) is 17.1 Å². The fourth-order valence-corrected chi connectivity index (χ4v) is 4.44. The summed E-state index contributed by atoms with van der Waals surface area (Å²) in [5, 5.41) is 20.9. The van der Waals surface area contributed by atoms with Crippen LogP contribution in [-0.2, 0) is 11.1 Å². The van der Waals surface area contributed by atoms with E-state index in [4.69, 9.17) is 24.9 Å². The molecule has 3 aromatic rings. The summed E-state index contributed by atoms with van der Waals surface area (Å²) in [4.78, 5) is 17.8. The number of benzene rings is 2. The maximum atomic E-state index is 14.8. The number of nitrogens with zero attached hydrogens (tertiary/aromatic N) is 1. The average Bonchev–Trinajstić information content (AvgIpc) is 3.20. The predicted molar refractivity (Wildman–Crippen MR) is 145 cm³/mol. The van der Waals surface area contributed by atoms with E-state index in [-0.39, 0.29) is 48.9 Å². The van der Waals surface area contributed by atoms with Crippen molar-refractivity contribution in [2.24, 2.45) is 5.73 Å². The molecule has 1 aliphatic rings. The number of aryl methyl sites for hydroxylation is 1. The van der Waals surface area contributed by atoms with Crippen LogP contribution < -0.4 is 19.9 Å². The highest BCUT2D eigenvalue weighted by Crippen LogP contribution is 2.44. The second kappa shape index (κ2) is 10.9. The molecule has 4 rings (SSSR count). The lowest BCUT2D eigenvalue weighted by Gasteiger charge is -2.25. The summed E-state index contributed by atoms with van der Waals surface area (Å²) in [5.74, 6) is -0.729. The van der Waals surface area contributed by atoms with Crippen molar-refractivity contribution < 1.29 is 33.6 Å². The molecule has 9 heteroatoms. The van der Waals surface area contributed by atoms with Crippen molar-refractivity contribution in [3.63, 3.8) is 0 Å². The van der Waals surface area contributed by atoms with Crippen LogP contribution in [-0.4, -0.2) is 47.4 Å². The highest BCUT2D eigenvalue weighted by Gasteiger charge is 2.38. The number of ether oxygens (including phenoxy) is 3. The van der Waals surface area contributed by atoms with Crippen molar-refractivity contribution in [2.75, 3.05) is 20.3 Å². The molecule has 0 fully saturated rings. The van der Waals surface area contributed by atoms with Crippen LogP contribution in [0.4, 0.5) is 4.39 Å². The maximum Gasteiger partial charge on any atom is 0.197 e. The molecule has 2 heterocycles. The summed E-state index contributed by atoms with van der Waals surface area (Å²) in [7, 11) is 1.34. The number of carbonyl (C=O) groups excluding carboxylic acids is 1. The molecule has 0 aliphatic carbocycles. The SMILES string of the molecule is COc1cc(C(=O)CCC(C)(O)c2cc3c(c(-c4ccc(C)cc4)n2)OCC3(C)N)cc(F)c1OCC(C)O. The summed E-state index contributed by atoms with van der Waals surface area (Å²) in [6, 6.07) is 12.0. The van der Waals surface area contributed by atoms with E-state index in [1.807, 2.05) is 38.1 Å². The minimum absolute atomic E-state index is 0.0251. The van der Waals surface area contributed by atoms with Gasteiger partial charge in [-0.2, -0.15) is 0 Å². The highest BCUT2D eigenvalue weighted by atomic mass is 19.1. The number of hydrogen-bond donors (Lipinski definition) is 3. The average molecular weight is 539 g/mol. The number of carbonyl (C=O) groups is 1. The van der Waals surface area contributed by atoms with Crippen molar-refractivity contribution >= 4 is 5.78 Å². The highest BCUT2D eigenvalue weighted by molar-refractivity contribution is 5.96. The third-order valence-electron chi connectivity index (χ3n) is 6.84. The Morgan fingerprint density at radius 3 is 2.62 bits per heavy atom. The van der Waals surface area contributed by atoms with Gasteiger partial charge in [0.2, 0.25) is 0 Å². The molecule has 39 heavy (non-hydrogen) atoms. The van der Waals surface area contributed by atoms with E-state index < -0.39 is 23.1 Å². The number of pyridine rings is 1. The molecule has 0 saturated heterocycles. The first-order chi connectivity index (χ1) is 18.3. The molecule has 0 saturated carbocycles. The van der Waals surface area contributed by atoms with E-state index in [0.717, 1.165) is 22.8 Å². The number of fused-ring (bicyclic) bond motifs is 1. The number of hydrogen-bond acceptors (Lipinski definition) is 8. The van der Waals surface area contributed by atoms with Crippen LogP contribution in [0.2, 0.25) is 0 Å². The lowest BCUT2D eigenvalue weighted by molar-refractivity contribution is 0.0396. The van der Waals surface area contributed by atoms with Gasteiger partial charge < -0.3 is 30.2 Å². The minimum atomic E-state index is -1.49. The first kappa shape index (κ1) is 28.5. The Bertz CT molecular complexity index is 1370. The van der Waals surface area contributed by atoms with Gasteiger partial charge in [-0.25, -0.2) is 9.37 Å². The molecule has 208 valence electrons. The van der Waals surface area contributed by atoms with Gasteiger partial charge in [-0.05, 0) is 52.3 Å². The number of ketones is 1. The van der Waals surface area contributed by atoms with E-state index in [2.05, 4.69) is 0 Å². The van der Waals surface area contributed by atoms with Gasteiger partial charge >= 0.3 is 0 Å². The topological polar surface area (TPSA) is 124 Å². The number of Topliss-reactive ketones (excluding diaryl/α,β-unsaturated/α-hetero) is 1. The van der Waals surface area contributed by atoms with E-state index in [9.17, 15) is 19.4 Å². The number of nitrogens with two attached hydrogens (primary N) is 1. The van der Waals surface area contributed by atoms with Gasteiger partial charge in [0.15, 0.2) is 28.8 Å². The smallest absolute Gasteiger partial charge is 0.197 e. The first-order valence-electron chi connectivity index (χ1n) is 12.8. The van der Waals surface area contributed by atoms with E-state index in [1.165, 1.54) is 20.1 Å². The van der Waals surface area contributed by atoms with Gasteiger partial charge in [-0.3, -0.25) is 4.79 Å². The molecule has 0 bridgehead atoms. The van der Waals surface area contributed by atoms with Crippen molar-refractivity contribution in [3.8, 4) is 28.5 Å². The Morgan fingerprint density at radius 2 is 1.97 bits per heavy atom. The molecule has 3 atom stereocenters. The number of rotatable bonds is 10. The molecular formula is C30H35FN2O6.